The average molecular weight is 279 g/mol. The molecular formula is C14H17NO5. The number of carboxylic acids is 1. The minimum absolute atomic E-state index is 0.0678. The first kappa shape index (κ1) is 15.7. The molecule has 0 aliphatic rings. The third-order valence-corrected chi connectivity index (χ3v) is 2.67. The van der Waals surface area contributed by atoms with Gasteiger partial charge in [0.05, 0.1) is 12.5 Å². The van der Waals surface area contributed by atoms with Crippen molar-refractivity contribution in [3.05, 3.63) is 35.9 Å². The fourth-order valence-corrected chi connectivity index (χ4v) is 1.53. The lowest BCUT2D eigenvalue weighted by Gasteiger charge is -2.21. The predicted octanol–water partition coefficient (Wildman–Crippen LogP) is 1.54. The number of carbonyl (C=O) groups is 3. The Hall–Kier alpha value is -2.37. The van der Waals surface area contributed by atoms with Gasteiger partial charge in [0.2, 0.25) is 0 Å². The number of aldehydes is 1. The number of nitrogens with zero attached hydrogens (tertiary/aromatic N) is 1. The Balaban J connectivity index is 2.55. The SMILES string of the molecule is CC(CN(CC=O)C(=O)OCc1ccccc1)C(=O)O. The number of hydrogen-bond donors (Lipinski definition) is 1. The van der Waals surface area contributed by atoms with E-state index in [0.717, 1.165) is 10.5 Å². The van der Waals surface area contributed by atoms with Crippen LogP contribution in [0.3, 0.4) is 0 Å². The van der Waals surface area contributed by atoms with Crippen LogP contribution in [0, 0.1) is 5.92 Å². The lowest BCUT2D eigenvalue weighted by molar-refractivity contribution is -0.141. The number of amides is 1. The zero-order valence-electron chi connectivity index (χ0n) is 11.2. The summed E-state index contributed by atoms with van der Waals surface area (Å²) in [5.41, 5.74) is 0.818. The zero-order valence-corrected chi connectivity index (χ0v) is 11.2. The quantitative estimate of drug-likeness (QED) is 0.765. The minimum Gasteiger partial charge on any atom is -0.481 e. The average Bonchev–Trinajstić information content (AvgIpc) is 2.45. The molecule has 1 aromatic rings. The summed E-state index contributed by atoms with van der Waals surface area (Å²) >= 11 is 0. The van der Waals surface area contributed by atoms with Crippen molar-refractivity contribution in [2.24, 2.45) is 5.92 Å². The van der Waals surface area contributed by atoms with E-state index in [9.17, 15) is 14.4 Å². The predicted molar refractivity (Wildman–Crippen MR) is 71.1 cm³/mol. The van der Waals surface area contributed by atoms with Gasteiger partial charge in [0.1, 0.15) is 12.9 Å². The molecule has 0 aliphatic carbocycles. The number of rotatable bonds is 7. The Bertz CT molecular complexity index is 460. The molecule has 6 nitrogen and oxygen atoms in total. The van der Waals surface area contributed by atoms with Crippen molar-refractivity contribution in [2.45, 2.75) is 13.5 Å². The van der Waals surface area contributed by atoms with Crippen LogP contribution in [0.2, 0.25) is 0 Å². The second-order valence-electron chi connectivity index (χ2n) is 4.35. The van der Waals surface area contributed by atoms with Gasteiger partial charge in [-0.05, 0) is 5.56 Å². The summed E-state index contributed by atoms with van der Waals surface area (Å²) < 4.78 is 5.06. The van der Waals surface area contributed by atoms with E-state index in [1.807, 2.05) is 18.2 Å². The smallest absolute Gasteiger partial charge is 0.410 e. The maximum atomic E-state index is 11.8. The number of carboxylic acid groups (broad SMARTS) is 1. The normalized spacial score (nSPS) is 11.4. The molecule has 0 radical (unpaired) electrons. The van der Waals surface area contributed by atoms with E-state index in [4.69, 9.17) is 9.84 Å². The van der Waals surface area contributed by atoms with Gasteiger partial charge in [-0.2, -0.15) is 0 Å². The van der Waals surface area contributed by atoms with Crippen LogP contribution < -0.4 is 0 Å². The Morgan fingerprint density at radius 1 is 1.35 bits per heavy atom. The van der Waals surface area contributed by atoms with Crippen molar-refractivity contribution in [3.8, 4) is 0 Å². The summed E-state index contributed by atoms with van der Waals surface area (Å²) in [5, 5.41) is 8.82. The van der Waals surface area contributed by atoms with E-state index < -0.39 is 18.0 Å². The second kappa shape index (κ2) is 7.93. The standard InChI is InChI=1S/C14H17NO5/c1-11(13(17)18)9-15(7-8-16)14(19)20-10-12-5-3-2-4-6-12/h2-6,8,11H,7,9-10H2,1H3,(H,17,18). The van der Waals surface area contributed by atoms with Crippen LogP contribution in [0.15, 0.2) is 30.3 Å². The van der Waals surface area contributed by atoms with Crippen LogP contribution in [0.1, 0.15) is 12.5 Å². The summed E-state index contributed by atoms with van der Waals surface area (Å²) in [7, 11) is 0. The van der Waals surface area contributed by atoms with Gasteiger partial charge in [-0.15, -0.1) is 0 Å². The highest BCUT2D eigenvalue weighted by atomic mass is 16.6. The number of benzene rings is 1. The van der Waals surface area contributed by atoms with Gasteiger partial charge in [-0.3, -0.25) is 4.79 Å². The Morgan fingerprint density at radius 2 is 2.00 bits per heavy atom. The zero-order chi connectivity index (χ0) is 15.0. The molecule has 1 N–H and O–H groups in total. The first-order valence-electron chi connectivity index (χ1n) is 6.16. The number of ether oxygens (including phenoxy) is 1. The molecule has 0 saturated carbocycles. The Labute approximate surface area is 117 Å². The molecule has 1 rings (SSSR count). The molecule has 20 heavy (non-hydrogen) atoms. The molecule has 0 fully saturated rings. The van der Waals surface area contributed by atoms with E-state index in [1.165, 1.54) is 6.92 Å². The molecule has 1 aromatic carbocycles. The first-order chi connectivity index (χ1) is 9.54. The van der Waals surface area contributed by atoms with Crippen molar-refractivity contribution in [1.82, 2.24) is 4.90 Å². The lowest BCUT2D eigenvalue weighted by atomic mass is 10.2. The summed E-state index contributed by atoms with van der Waals surface area (Å²) in [6, 6.07) is 9.09. The molecule has 1 unspecified atom stereocenters. The third kappa shape index (κ3) is 5.09. The van der Waals surface area contributed by atoms with Gasteiger partial charge in [0, 0.05) is 6.54 Å². The van der Waals surface area contributed by atoms with Crippen molar-refractivity contribution >= 4 is 18.3 Å². The van der Waals surface area contributed by atoms with Gasteiger partial charge in [0.25, 0.3) is 0 Å². The van der Waals surface area contributed by atoms with Gasteiger partial charge >= 0.3 is 12.1 Å². The van der Waals surface area contributed by atoms with Gasteiger partial charge < -0.3 is 19.5 Å². The maximum absolute atomic E-state index is 11.8. The van der Waals surface area contributed by atoms with Crippen LogP contribution in [0.25, 0.3) is 0 Å². The van der Waals surface area contributed by atoms with Crippen molar-refractivity contribution in [3.63, 3.8) is 0 Å². The van der Waals surface area contributed by atoms with Gasteiger partial charge in [-0.25, -0.2) is 4.79 Å². The van der Waals surface area contributed by atoms with Crippen molar-refractivity contribution < 1.29 is 24.2 Å². The first-order valence-corrected chi connectivity index (χ1v) is 6.16. The van der Waals surface area contributed by atoms with E-state index in [0.29, 0.717) is 6.29 Å². The summed E-state index contributed by atoms with van der Waals surface area (Å²) in [6.45, 7) is 1.29. The molecule has 1 amide bonds. The largest absolute Gasteiger partial charge is 0.481 e. The molecule has 1 atom stereocenters. The monoisotopic (exact) mass is 279 g/mol. The molecule has 0 heterocycles. The van der Waals surface area contributed by atoms with Crippen LogP contribution in [0.5, 0.6) is 0 Å². The molecular weight excluding hydrogens is 262 g/mol. The topological polar surface area (TPSA) is 83.9 Å². The van der Waals surface area contributed by atoms with E-state index in [1.54, 1.807) is 12.1 Å². The summed E-state index contributed by atoms with van der Waals surface area (Å²) in [6.07, 6.45) is -0.160. The van der Waals surface area contributed by atoms with Crippen LogP contribution in [-0.4, -0.2) is 41.4 Å². The molecule has 0 spiro atoms. The lowest BCUT2D eigenvalue weighted by Crippen LogP contribution is -2.38. The maximum Gasteiger partial charge on any atom is 0.410 e. The fraction of sp³-hybridized carbons (Fsp3) is 0.357. The van der Waals surface area contributed by atoms with E-state index in [2.05, 4.69) is 0 Å². The van der Waals surface area contributed by atoms with Gasteiger partial charge in [0.15, 0.2) is 0 Å². The van der Waals surface area contributed by atoms with Gasteiger partial charge in [-0.1, -0.05) is 37.3 Å². The number of aliphatic carboxylic acids is 1. The molecule has 0 bridgehead atoms. The number of carbonyl (C=O) groups excluding carboxylic acids is 2. The van der Waals surface area contributed by atoms with Crippen molar-refractivity contribution in [2.75, 3.05) is 13.1 Å². The highest BCUT2D eigenvalue weighted by Crippen LogP contribution is 2.06. The van der Waals surface area contributed by atoms with Crippen molar-refractivity contribution in [1.29, 1.82) is 0 Å². The highest BCUT2D eigenvalue weighted by Gasteiger charge is 2.21. The second-order valence-corrected chi connectivity index (χ2v) is 4.35. The Morgan fingerprint density at radius 3 is 2.55 bits per heavy atom. The summed E-state index contributed by atoms with van der Waals surface area (Å²) in [5.74, 6) is -1.80. The van der Waals surface area contributed by atoms with E-state index >= 15 is 0 Å². The molecule has 108 valence electrons. The minimum atomic E-state index is -1.03. The third-order valence-electron chi connectivity index (χ3n) is 2.67. The number of hydrogen-bond acceptors (Lipinski definition) is 4. The fourth-order valence-electron chi connectivity index (χ4n) is 1.53. The van der Waals surface area contributed by atoms with Crippen LogP contribution in [-0.2, 0) is 20.9 Å². The van der Waals surface area contributed by atoms with Crippen LogP contribution >= 0.6 is 0 Å². The molecule has 0 saturated heterocycles. The summed E-state index contributed by atoms with van der Waals surface area (Å²) in [4.78, 5) is 34.2. The molecule has 0 aromatic heterocycles. The highest BCUT2D eigenvalue weighted by molar-refractivity contribution is 5.74. The molecule has 0 aliphatic heterocycles. The Kier molecular flexibility index (Phi) is 6.22. The van der Waals surface area contributed by atoms with E-state index in [-0.39, 0.29) is 19.7 Å². The van der Waals surface area contributed by atoms with Crippen LogP contribution in [0.4, 0.5) is 4.79 Å². The molecule has 6 heteroatoms.